The molecule has 3 N–H and O–H groups in total. The number of H-pyrrole nitrogens is 1. The fourth-order valence-electron chi connectivity index (χ4n) is 5.17. The molecule has 1 aromatic heterocycles. The van der Waals surface area contributed by atoms with Gasteiger partial charge in [-0.05, 0) is 87.7 Å². The number of alkyl halides is 3. The molecular formula is C22H30F3N3. The minimum atomic E-state index is -4.31. The molecule has 2 aliphatic rings. The van der Waals surface area contributed by atoms with Crippen LogP contribution in [0.5, 0.6) is 0 Å². The maximum Gasteiger partial charge on any atom is 0.416 e. The van der Waals surface area contributed by atoms with Crippen LogP contribution in [0.1, 0.15) is 56.4 Å². The maximum absolute atomic E-state index is 13.2. The van der Waals surface area contributed by atoms with Crippen LogP contribution in [0.4, 0.5) is 13.2 Å². The van der Waals surface area contributed by atoms with Gasteiger partial charge in [-0.25, -0.2) is 0 Å². The Hall–Kier alpha value is -1.53. The van der Waals surface area contributed by atoms with E-state index in [1.54, 1.807) is 6.07 Å². The van der Waals surface area contributed by atoms with E-state index in [1.165, 1.54) is 12.1 Å². The van der Waals surface area contributed by atoms with Crippen LogP contribution in [0.2, 0.25) is 0 Å². The summed E-state index contributed by atoms with van der Waals surface area (Å²) in [5, 5.41) is 0.746. The maximum atomic E-state index is 13.2. The summed E-state index contributed by atoms with van der Waals surface area (Å²) in [6.45, 7) is 9.38. The topological polar surface area (TPSA) is 45.0 Å². The average molecular weight is 393 g/mol. The van der Waals surface area contributed by atoms with Gasteiger partial charge in [-0.2, -0.15) is 13.2 Å². The van der Waals surface area contributed by atoms with Crippen molar-refractivity contribution in [2.75, 3.05) is 19.6 Å². The van der Waals surface area contributed by atoms with Gasteiger partial charge in [-0.15, -0.1) is 0 Å². The zero-order chi connectivity index (χ0) is 20.3. The largest absolute Gasteiger partial charge is 0.416 e. The summed E-state index contributed by atoms with van der Waals surface area (Å²) in [5.74, 6) is 1.33. The number of fused-ring (bicyclic) bond motifs is 4. The van der Waals surface area contributed by atoms with Crippen LogP contribution in [0.3, 0.4) is 0 Å². The van der Waals surface area contributed by atoms with Gasteiger partial charge in [0, 0.05) is 28.7 Å². The fraction of sp³-hybridized carbons (Fsp3) is 0.636. The number of nitrogens with one attached hydrogen (secondary N) is 1. The number of nitrogens with two attached hydrogens (primary N) is 1. The SMILES string of the molecule is C[C@H]1c2c([nH]c3ccc(C(F)(F)F)cc23)C[C@H]2CCN(CCC(C)(C)N)C[C@@H]21. The van der Waals surface area contributed by atoms with Crippen molar-refractivity contribution < 1.29 is 13.2 Å². The van der Waals surface area contributed by atoms with Gasteiger partial charge in [0.05, 0.1) is 5.56 Å². The zero-order valence-corrected chi connectivity index (χ0v) is 16.9. The Morgan fingerprint density at radius 2 is 2.00 bits per heavy atom. The molecule has 0 unspecified atom stereocenters. The molecule has 1 aromatic carbocycles. The third kappa shape index (κ3) is 3.69. The number of aromatic amines is 1. The van der Waals surface area contributed by atoms with E-state index in [1.807, 2.05) is 0 Å². The lowest BCUT2D eigenvalue weighted by molar-refractivity contribution is -0.137. The van der Waals surface area contributed by atoms with Crippen molar-refractivity contribution in [1.82, 2.24) is 9.88 Å². The van der Waals surface area contributed by atoms with Crippen LogP contribution < -0.4 is 5.73 Å². The second-order valence-electron chi connectivity index (χ2n) is 9.52. The molecule has 0 spiro atoms. The van der Waals surface area contributed by atoms with Gasteiger partial charge in [0.25, 0.3) is 0 Å². The number of piperidine rings is 1. The number of hydrogen-bond donors (Lipinski definition) is 2. The Kier molecular flexibility index (Phi) is 4.78. The van der Waals surface area contributed by atoms with Crippen LogP contribution >= 0.6 is 0 Å². The lowest BCUT2D eigenvalue weighted by Gasteiger charge is -2.45. The highest BCUT2D eigenvalue weighted by molar-refractivity contribution is 5.86. The van der Waals surface area contributed by atoms with Crippen molar-refractivity contribution in [3.8, 4) is 0 Å². The van der Waals surface area contributed by atoms with Gasteiger partial charge in [0.2, 0.25) is 0 Å². The number of nitrogens with zero attached hydrogens (tertiary/aromatic N) is 1. The molecule has 0 bridgehead atoms. The summed E-state index contributed by atoms with van der Waals surface area (Å²) < 4.78 is 39.7. The Morgan fingerprint density at radius 3 is 2.68 bits per heavy atom. The lowest BCUT2D eigenvalue weighted by Crippen LogP contribution is -2.47. The summed E-state index contributed by atoms with van der Waals surface area (Å²) in [4.78, 5) is 5.91. The predicted octanol–water partition coefficient (Wildman–Crippen LogP) is 4.91. The second kappa shape index (κ2) is 6.77. The molecule has 0 saturated carbocycles. The molecule has 1 aliphatic carbocycles. The molecular weight excluding hydrogens is 363 g/mol. The van der Waals surface area contributed by atoms with Crippen molar-refractivity contribution in [1.29, 1.82) is 0 Å². The number of benzene rings is 1. The molecule has 3 atom stereocenters. The summed E-state index contributed by atoms with van der Waals surface area (Å²) in [6, 6.07) is 4.10. The predicted molar refractivity (Wildman–Crippen MR) is 106 cm³/mol. The molecule has 1 aliphatic heterocycles. The highest BCUT2D eigenvalue weighted by Gasteiger charge is 2.40. The van der Waals surface area contributed by atoms with Gasteiger partial charge in [0.1, 0.15) is 0 Å². The molecule has 4 rings (SSSR count). The Labute approximate surface area is 164 Å². The van der Waals surface area contributed by atoms with Crippen LogP contribution in [0.25, 0.3) is 10.9 Å². The number of halogens is 3. The average Bonchev–Trinajstić information content (AvgIpc) is 2.96. The van der Waals surface area contributed by atoms with Crippen molar-refractivity contribution in [3.63, 3.8) is 0 Å². The van der Waals surface area contributed by atoms with E-state index in [0.717, 1.165) is 61.1 Å². The number of likely N-dealkylation sites (tertiary alicyclic amines) is 1. The first-order valence-corrected chi connectivity index (χ1v) is 10.3. The van der Waals surface area contributed by atoms with Crippen LogP contribution in [-0.4, -0.2) is 35.1 Å². The molecule has 3 nitrogen and oxygen atoms in total. The molecule has 1 saturated heterocycles. The Bertz CT molecular complexity index is 862. The number of aromatic nitrogens is 1. The van der Waals surface area contributed by atoms with Crippen LogP contribution in [0, 0.1) is 11.8 Å². The lowest BCUT2D eigenvalue weighted by atomic mass is 9.68. The quantitative estimate of drug-likeness (QED) is 0.778. The van der Waals surface area contributed by atoms with Gasteiger partial charge < -0.3 is 15.6 Å². The first-order valence-electron chi connectivity index (χ1n) is 10.3. The van der Waals surface area contributed by atoms with Crippen molar-refractivity contribution in [3.05, 3.63) is 35.0 Å². The standard InChI is InChI=1S/C22H30F3N3/c1-13-17-12-28(9-7-21(2,3)26)8-6-14(17)10-19-20(13)16-11-15(22(23,24)25)4-5-18(16)27-19/h4-5,11,13-14,17,27H,6-10,12,26H2,1-3H3/t13-,14-,17-/m1/s1. The molecule has 28 heavy (non-hydrogen) atoms. The van der Waals surface area contributed by atoms with Crippen LogP contribution in [-0.2, 0) is 12.6 Å². The number of rotatable bonds is 3. The van der Waals surface area contributed by atoms with E-state index in [4.69, 9.17) is 5.73 Å². The summed E-state index contributed by atoms with van der Waals surface area (Å²) in [6.07, 6.45) is -1.28. The van der Waals surface area contributed by atoms with E-state index in [2.05, 4.69) is 30.7 Å². The summed E-state index contributed by atoms with van der Waals surface area (Å²) >= 11 is 0. The van der Waals surface area contributed by atoms with Gasteiger partial charge in [-0.3, -0.25) is 0 Å². The Balaban J connectivity index is 1.62. The normalized spacial score (nSPS) is 26.3. The van der Waals surface area contributed by atoms with E-state index < -0.39 is 11.7 Å². The highest BCUT2D eigenvalue weighted by Crippen LogP contribution is 2.46. The zero-order valence-electron chi connectivity index (χ0n) is 16.9. The van der Waals surface area contributed by atoms with Gasteiger partial charge in [0.15, 0.2) is 0 Å². The van der Waals surface area contributed by atoms with Crippen LogP contribution in [0.15, 0.2) is 18.2 Å². The first kappa shape index (κ1) is 19.8. The van der Waals surface area contributed by atoms with Gasteiger partial charge in [-0.1, -0.05) is 6.92 Å². The molecule has 0 amide bonds. The first-order chi connectivity index (χ1) is 13.0. The third-order valence-electron chi connectivity index (χ3n) is 6.77. The van der Waals surface area contributed by atoms with E-state index in [0.29, 0.717) is 11.8 Å². The molecule has 0 radical (unpaired) electrons. The minimum Gasteiger partial charge on any atom is -0.358 e. The van der Waals surface area contributed by atoms with Crippen molar-refractivity contribution in [2.45, 2.75) is 57.7 Å². The third-order valence-corrected chi connectivity index (χ3v) is 6.77. The van der Waals surface area contributed by atoms with Crippen molar-refractivity contribution >= 4 is 10.9 Å². The van der Waals surface area contributed by atoms with Crippen molar-refractivity contribution in [2.24, 2.45) is 17.6 Å². The number of hydrogen-bond acceptors (Lipinski definition) is 2. The summed E-state index contributed by atoms with van der Waals surface area (Å²) in [5.41, 5.74) is 8.48. The molecule has 6 heteroatoms. The minimum absolute atomic E-state index is 0.174. The highest BCUT2D eigenvalue weighted by atomic mass is 19.4. The smallest absolute Gasteiger partial charge is 0.358 e. The fourth-order valence-corrected chi connectivity index (χ4v) is 5.17. The molecule has 2 heterocycles. The molecule has 1 fully saturated rings. The second-order valence-corrected chi connectivity index (χ2v) is 9.52. The van der Waals surface area contributed by atoms with E-state index in [-0.39, 0.29) is 11.5 Å². The van der Waals surface area contributed by atoms with Gasteiger partial charge >= 0.3 is 6.18 Å². The molecule has 2 aromatic rings. The Morgan fingerprint density at radius 1 is 1.25 bits per heavy atom. The summed E-state index contributed by atoms with van der Waals surface area (Å²) in [7, 11) is 0. The monoisotopic (exact) mass is 393 g/mol. The van der Waals surface area contributed by atoms with E-state index in [9.17, 15) is 13.2 Å². The molecule has 154 valence electrons. The van der Waals surface area contributed by atoms with E-state index >= 15 is 0 Å².